The molecule has 0 radical (unpaired) electrons. The molecule has 4 nitrogen and oxygen atoms in total. The van der Waals surface area contributed by atoms with Crippen LogP contribution in [0.2, 0.25) is 0 Å². The molecule has 0 aliphatic heterocycles. The van der Waals surface area contributed by atoms with Crippen molar-refractivity contribution in [3.8, 4) is 0 Å². The molecule has 4 heteroatoms. The number of rotatable bonds is 9. The maximum Gasteiger partial charge on any atom is 0.309 e. The Hall–Kier alpha value is -0.610. The van der Waals surface area contributed by atoms with Crippen molar-refractivity contribution in [2.75, 3.05) is 19.8 Å². The summed E-state index contributed by atoms with van der Waals surface area (Å²) < 4.78 is 16.9. The third kappa shape index (κ3) is 7.52. The van der Waals surface area contributed by atoms with Crippen molar-refractivity contribution in [1.82, 2.24) is 0 Å². The van der Waals surface area contributed by atoms with Crippen LogP contribution in [-0.4, -0.2) is 38.0 Å². The van der Waals surface area contributed by atoms with Crippen molar-refractivity contribution in [2.24, 2.45) is 11.8 Å². The van der Waals surface area contributed by atoms with Gasteiger partial charge in [0.15, 0.2) is 0 Å². The molecule has 140 valence electrons. The minimum absolute atomic E-state index is 0.0147. The molecule has 0 aromatic rings. The Bertz CT molecular complexity index is 342. The van der Waals surface area contributed by atoms with E-state index in [4.69, 9.17) is 14.2 Å². The summed E-state index contributed by atoms with van der Waals surface area (Å²) in [6.45, 7) is 5.96. The van der Waals surface area contributed by atoms with Crippen LogP contribution in [0.25, 0.3) is 0 Å². The summed E-state index contributed by atoms with van der Waals surface area (Å²) in [5.41, 5.74) is 0. The molecular weight excluding hydrogens is 304 g/mol. The van der Waals surface area contributed by atoms with E-state index in [0.717, 1.165) is 38.7 Å². The second-order valence-electron chi connectivity index (χ2n) is 7.72. The quantitative estimate of drug-likeness (QED) is 0.458. The van der Waals surface area contributed by atoms with Crippen LogP contribution in [0.1, 0.15) is 78.1 Å². The van der Waals surface area contributed by atoms with Gasteiger partial charge in [-0.15, -0.1) is 0 Å². The summed E-state index contributed by atoms with van der Waals surface area (Å²) in [6.07, 6.45) is 12.2. The molecule has 0 atom stereocenters. The van der Waals surface area contributed by atoms with E-state index in [0.29, 0.717) is 31.3 Å². The van der Waals surface area contributed by atoms with E-state index in [9.17, 15) is 4.79 Å². The summed E-state index contributed by atoms with van der Waals surface area (Å²) in [4.78, 5) is 12.2. The molecule has 0 spiro atoms. The van der Waals surface area contributed by atoms with Crippen molar-refractivity contribution in [2.45, 2.75) is 90.3 Å². The Balaban J connectivity index is 1.51. The first-order valence-electron chi connectivity index (χ1n) is 10.0. The summed E-state index contributed by atoms with van der Waals surface area (Å²) >= 11 is 0. The second kappa shape index (κ2) is 11.1. The molecular formula is C20H36O4. The minimum Gasteiger partial charge on any atom is -0.463 e. The molecule has 0 saturated heterocycles. The zero-order valence-electron chi connectivity index (χ0n) is 15.6. The molecule has 0 N–H and O–H groups in total. The smallest absolute Gasteiger partial charge is 0.309 e. The lowest BCUT2D eigenvalue weighted by Crippen LogP contribution is -2.26. The second-order valence-corrected chi connectivity index (χ2v) is 7.72. The van der Waals surface area contributed by atoms with Gasteiger partial charge in [-0.05, 0) is 64.7 Å². The lowest BCUT2D eigenvalue weighted by molar-refractivity contribution is -0.152. The zero-order chi connectivity index (χ0) is 17.2. The van der Waals surface area contributed by atoms with Crippen LogP contribution in [0.15, 0.2) is 0 Å². The Labute approximate surface area is 147 Å². The van der Waals surface area contributed by atoms with E-state index in [-0.39, 0.29) is 11.9 Å². The van der Waals surface area contributed by atoms with Crippen LogP contribution in [0.5, 0.6) is 0 Å². The Kier molecular flexibility index (Phi) is 9.11. The predicted molar refractivity (Wildman–Crippen MR) is 94.9 cm³/mol. The first kappa shape index (κ1) is 19.7. The van der Waals surface area contributed by atoms with Crippen molar-refractivity contribution in [1.29, 1.82) is 0 Å². The molecule has 2 aliphatic carbocycles. The number of esters is 1. The summed E-state index contributed by atoms with van der Waals surface area (Å²) in [5, 5.41) is 0. The Morgan fingerprint density at radius 3 is 2.29 bits per heavy atom. The first-order valence-corrected chi connectivity index (χ1v) is 10.0. The van der Waals surface area contributed by atoms with Crippen LogP contribution in [0.4, 0.5) is 0 Å². The summed E-state index contributed by atoms with van der Waals surface area (Å²) in [5.74, 6) is 0.795. The van der Waals surface area contributed by atoms with E-state index < -0.39 is 0 Å². The summed E-state index contributed by atoms with van der Waals surface area (Å²) in [6, 6.07) is 0. The average Bonchev–Trinajstić information content (AvgIpc) is 2.60. The van der Waals surface area contributed by atoms with Crippen molar-refractivity contribution < 1.29 is 19.0 Å². The highest BCUT2D eigenvalue weighted by Crippen LogP contribution is 2.31. The van der Waals surface area contributed by atoms with Gasteiger partial charge in [0.05, 0.1) is 24.7 Å². The van der Waals surface area contributed by atoms with E-state index in [1.807, 2.05) is 0 Å². The molecule has 0 bridgehead atoms. The van der Waals surface area contributed by atoms with Gasteiger partial charge in [-0.2, -0.15) is 0 Å². The lowest BCUT2D eigenvalue weighted by atomic mass is 9.81. The van der Waals surface area contributed by atoms with Crippen molar-refractivity contribution in [3.63, 3.8) is 0 Å². The predicted octanol–water partition coefficient (Wildman–Crippen LogP) is 4.50. The highest BCUT2D eigenvalue weighted by Gasteiger charge is 2.27. The molecule has 2 aliphatic rings. The minimum atomic E-state index is -0.0147. The van der Waals surface area contributed by atoms with Gasteiger partial charge in [0, 0.05) is 6.61 Å². The van der Waals surface area contributed by atoms with E-state index in [1.165, 1.54) is 32.1 Å². The molecule has 2 rings (SSSR count). The molecule has 0 heterocycles. The topological polar surface area (TPSA) is 44.8 Å². The molecule has 24 heavy (non-hydrogen) atoms. The third-order valence-electron chi connectivity index (χ3n) is 5.39. The van der Waals surface area contributed by atoms with E-state index in [1.54, 1.807) is 0 Å². The normalized spacial score (nSPS) is 25.8. The fourth-order valence-corrected chi connectivity index (χ4v) is 3.86. The highest BCUT2D eigenvalue weighted by atomic mass is 16.6. The monoisotopic (exact) mass is 340 g/mol. The van der Waals surface area contributed by atoms with Gasteiger partial charge in [0.2, 0.25) is 0 Å². The lowest BCUT2D eigenvalue weighted by Gasteiger charge is -2.27. The number of carbonyl (C=O) groups excluding carboxylic acids is 1. The number of ether oxygens (including phenoxy) is 3. The summed E-state index contributed by atoms with van der Waals surface area (Å²) in [7, 11) is 0. The largest absolute Gasteiger partial charge is 0.463 e. The van der Waals surface area contributed by atoms with Crippen LogP contribution in [-0.2, 0) is 19.0 Å². The molecule has 0 amide bonds. The Morgan fingerprint density at radius 1 is 0.917 bits per heavy atom. The molecule has 2 fully saturated rings. The Morgan fingerprint density at radius 2 is 1.62 bits per heavy atom. The number of carbonyl (C=O) groups is 1. The fourth-order valence-electron chi connectivity index (χ4n) is 3.86. The average molecular weight is 341 g/mol. The SMILES string of the molecule is CC(C)OCCC1CCC(C(=O)OCCOC2CCCCC2)CC1. The number of hydrogen-bond acceptors (Lipinski definition) is 4. The van der Waals surface area contributed by atoms with Crippen molar-refractivity contribution >= 4 is 5.97 Å². The first-order chi connectivity index (χ1) is 11.6. The maximum atomic E-state index is 12.2. The zero-order valence-corrected chi connectivity index (χ0v) is 15.6. The maximum absolute atomic E-state index is 12.2. The van der Waals surface area contributed by atoms with E-state index in [2.05, 4.69) is 13.8 Å². The fraction of sp³-hybridized carbons (Fsp3) is 0.950. The van der Waals surface area contributed by atoms with Crippen molar-refractivity contribution in [3.05, 3.63) is 0 Å². The number of hydrogen-bond donors (Lipinski definition) is 0. The third-order valence-corrected chi connectivity index (χ3v) is 5.39. The molecule has 0 aromatic carbocycles. The van der Waals surface area contributed by atoms with Gasteiger partial charge >= 0.3 is 5.97 Å². The molecule has 0 aromatic heterocycles. The van der Waals surface area contributed by atoms with Gasteiger partial charge < -0.3 is 14.2 Å². The van der Waals surface area contributed by atoms with Gasteiger partial charge in [0.1, 0.15) is 6.61 Å². The van der Waals surface area contributed by atoms with E-state index >= 15 is 0 Å². The van der Waals surface area contributed by atoms with Crippen LogP contribution in [0, 0.1) is 11.8 Å². The molecule has 0 unspecified atom stereocenters. The van der Waals surface area contributed by atoms with Crippen LogP contribution >= 0.6 is 0 Å². The van der Waals surface area contributed by atoms with Gasteiger partial charge in [0.25, 0.3) is 0 Å². The van der Waals surface area contributed by atoms with Gasteiger partial charge in [-0.25, -0.2) is 0 Å². The van der Waals surface area contributed by atoms with Crippen LogP contribution in [0.3, 0.4) is 0 Å². The van der Waals surface area contributed by atoms with Gasteiger partial charge in [-0.3, -0.25) is 4.79 Å². The standard InChI is InChI=1S/C20H36O4/c1-16(2)22-13-12-17-8-10-18(11-9-17)20(21)24-15-14-23-19-6-4-3-5-7-19/h16-19H,3-15H2,1-2H3. The van der Waals surface area contributed by atoms with Crippen LogP contribution < -0.4 is 0 Å². The van der Waals surface area contributed by atoms with Gasteiger partial charge in [-0.1, -0.05) is 19.3 Å². The molecule has 2 saturated carbocycles. The highest BCUT2D eigenvalue weighted by molar-refractivity contribution is 5.72.